The molecule has 2 N–H and O–H groups in total. The molecule has 2 heterocycles. The van der Waals surface area contributed by atoms with Gasteiger partial charge in [0.2, 0.25) is 0 Å². The summed E-state index contributed by atoms with van der Waals surface area (Å²) < 4.78 is 5.39. The van der Waals surface area contributed by atoms with Crippen LogP contribution in [0.5, 0.6) is 5.75 Å². The Morgan fingerprint density at radius 2 is 1.60 bits per heavy atom. The van der Waals surface area contributed by atoms with Crippen LogP contribution in [0.1, 0.15) is 41.0 Å². The molecular weight excluding hydrogens is 539 g/mol. The molecule has 0 saturated carbocycles. The average molecular weight is 578 g/mol. The molecule has 0 aliphatic carbocycles. The van der Waals surface area contributed by atoms with Crippen molar-refractivity contribution in [2.24, 2.45) is 16.8 Å². The first kappa shape index (κ1) is 29.7. The van der Waals surface area contributed by atoms with Crippen molar-refractivity contribution in [2.75, 3.05) is 26.7 Å². The lowest BCUT2D eigenvalue weighted by atomic mass is 9.79. The van der Waals surface area contributed by atoms with Gasteiger partial charge in [-0.25, -0.2) is 0 Å². The van der Waals surface area contributed by atoms with Crippen molar-refractivity contribution in [2.45, 2.75) is 31.8 Å². The molecule has 0 radical (unpaired) electrons. The summed E-state index contributed by atoms with van der Waals surface area (Å²) in [6.07, 6.45) is 2.38. The summed E-state index contributed by atoms with van der Waals surface area (Å²) in [4.78, 5) is 2.61. The smallest absolute Gasteiger partial charge is 0.151 e. The highest BCUT2D eigenvalue weighted by atomic mass is 35.5. The van der Waals surface area contributed by atoms with Crippen LogP contribution in [0, 0.1) is 5.92 Å². The molecule has 4 aromatic carbocycles. The Hall–Kier alpha value is -3.25. The van der Waals surface area contributed by atoms with Crippen molar-refractivity contribution in [1.29, 1.82) is 0 Å². The Morgan fingerprint density at radius 3 is 2.35 bits per heavy atom. The molecule has 210 valence electrons. The molecule has 0 bridgehead atoms. The summed E-state index contributed by atoms with van der Waals surface area (Å²) >= 11 is 0. The van der Waals surface area contributed by atoms with Crippen LogP contribution in [-0.4, -0.2) is 42.5 Å². The van der Waals surface area contributed by atoms with E-state index in [1.54, 1.807) is 7.11 Å². The van der Waals surface area contributed by atoms with E-state index in [2.05, 4.69) is 88.8 Å². The number of amidine groups is 1. The van der Waals surface area contributed by atoms with Crippen LogP contribution in [0.3, 0.4) is 0 Å². The average Bonchev–Trinajstić information content (AvgIpc) is 2.97. The zero-order valence-corrected chi connectivity index (χ0v) is 24.5. The summed E-state index contributed by atoms with van der Waals surface area (Å²) in [5.74, 6) is 2.41. The van der Waals surface area contributed by atoms with Crippen LogP contribution in [0.4, 0.5) is 0 Å². The van der Waals surface area contributed by atoms with Gasteiger partial charge < -0.3 is 10.5 Å². The van der Waals surface area contributed by atoms with Gasteiger partial charge in [-0.3, -0.25) is 9.91 Å². The first-order valence-corrected chi connectivity index (χ1v) is 13.7. The molecule has 1 saturated heterocycles. The normalized spacial score (nSPS) is 16.3. The summed E-state index contributed by atoms with van der Waals surface area (Å²) in [5.41, 5.74) is 11.4. The zero-order valence-electron chi connectivity index (χ0n) is 22.9. The third-order valence-corrected chi connectivity index (χ3v) is 8.25. The highest BCUT2D eigenvalue weighted by Gasteiger charge is 2.30. The first-order chi connectivity index (χ1) is 18.7. The standard InChI is InChI=1S/C33H36N4O.2ClH/c1-38-30-14-13-29-22-37(35-33(34)31(29)20-30)23-32(26-8-3-2-4-9-26)27-15-17-36(18-16-27)21-24-11-12-25-7-5-6-10-28(25)19-24;;/h2-14,19-20,27,32H,15-18,21-23H2,1H3,(H2,34,35);2*1H. The molecule has 1 fully saturated rings. The number of hydrazone groups is 1. The van der Waals surface area contributed by atoms with Gasteiger partial charge in [0.1, 0.15) is 5.75 Å². The Labute approximate surface area is 249 Å². The first-order valence-electron chi connectivity index (χ1n) is 13.7. The lowest BCUT2D eigenvalue weighted by molar-refractivity contribution is 0.140. The van der Waals surface area contributed by atoms with E-state index in [1.165, 1.54) is 40.3 Å². The van der Waals surface area contributed by atoms with Gasteiger partial charge in [-0.2, -0.15) is 5.10 Å². The second-order valence-electron chi connectivity index (χ2n) is 10.7. The molecule has 7 heteroatoms. The number of benzene rings is 4. The number of fused-ring (bicyclic) bond motifs is 2. The Bertz CT molecular complexity index is 1440. The van der Waals surface area contributed by atoms with E-state index >= 15 is 0 Å². The number of methoxy groups -OCH3 is 1. The lowest BCUT2D eigenvalue weighted by Gasteiger charge is -2.38. The quantitative estimate of drug-likeness (QED) is 0.262. The molecule has 0 spiro atoms. The van der Waals surface area contributed by atoms with Crippen molar-refractivity contribution in [3.05, 3.63) is 113 Å². The summed E-state index contributed by atoms with van der Waals surface area (Å²) in [6.45, 7) is 4.89. The topological polar surface area (TPSA) is 54.1 Å². The van der Waals surface area contributed by atoms with Gasteiger partial charge in [0.15, 0.2) is 5.84 Å². The van der Waals surface area contributed by atoms with Gasteiger partial charge in [0.05, 0.1) is 13.7 Å². The van der Waals surface area contributed by atoms with E-state index in [0.717, 1.165) is 44.0 Å². The third kappa shape index (κ3) is 6.55. The summed E-state index contributed by atoms with van der Waals surface area (Å²) in [7, 11) is 1.68. The van der Waals surface area contributed by atoms with Gasteiger partial charge >= 0.3 is 0 Å². The SMILES string of the molecule is COc1ccc2c(c1)C(N)=NN(CC(c1ccccc1)C1CCN(Cc3ccc4ccccc4c3)CC1)C2.Cl.Cl. The number of likely N-dealkylation sites (tertiary alicyclic amines) is 1. The van der Waals surface area contributed by atoms with Crippen LogP contribution in [0.25, 0.3) is 10.8 Å². The van der Waals surface area contributed by atoms with Crippen molar-refractivity contribution in [3.63, 3.8) is 0 Å². The van der Waals surface area contributed by atoms with Crippen molar-refractivity contribution < 1.29 is 4.74 Å². The fourth-order valence-corrected chi connectivity index (χ4v) is 6.17. The Balaban J connectivity index is 0.00000185. The molecular formula is C33H38Cl2N4O. The molecule has 0 amide bonds. The third-order valence-electron chi connectivity index (χ3n) is 8.25. The summed E-state index contributed by atoms with van der Waals surface area (Å²) in [6, 6.07) is 32.6. The maximum absolute atomic E-state index is 6.43. The second kappa shape index (κ2) is 13.4. The van der Waals surface area contributed by atoms with Crippen LogP contribution >= 0.6 is 24.8 Å². The highest BCUT2D eigenvalue weighted by Crippen LogP contribution is 2.35. The van der Waals surface area contributed by atoms with Crippen molar-refractivity contribution >= 4 is 41.4 Å². The largest absolute Gasteiger partial charge is 0.497 e. The van der Waals surface area contributed by atoms with E-state index in [-0.39, 0.29) is 24.8 Å². The minimum atomic E-state index is 0. The van der Waals surface area contributed by atoms with E-state index in [1.807, 2.05) is 12.1 Å². The number of ether oxygens (including phenoxy) is 1. The van der Waals surface area contributed by atoms with Gasteiger partial charge in [0.25, 0.3) is 0 Å². The van der Waals surface area contributed by atoms with E-state index < -0.39 is 0 Å². The lowest BCUT2D eigenvalue weighted by Crippen LogP contribution is -2.39. The van der Waals surface area contributed by atoms with Crippen LogP contribution in [-0.2, 0) is 13.1 Å². The van der Waals surface area contributed by atoms with Crippen molar-refractivity contribution in [3.8, 4) is 5.75 Å². The maximum atomic E-state index is 6.43. The number of halogens is 2. The van der Waals surface area contributed by atoms with Gasteiger partial charge in [-0.05, 0) is 77.5 Å². The molecule has 5 nitrogen and oxygen atoms in total. The van der Waals surface area contributed by atoms with Crippen molar-refractivity contribution in [1.82, 2.24) is 9.91 Å². The molecule has 4 aromatic rings. The molecule has 6 rings (SSSR count). The predicted octanol–water partition coefficient (Wildman–Crippen LogP) is 6.82. The molecule has 2 aliphatic rings. The highest BCUT2D eigenvalue weighted by molar-refractivity contribution is 5.99. The van der Waals surface area contributed by atoms with E-state index in [4.69, 9.17) is 15.6 Å². The number of nitrogens with two attached hydrogens (primary N) is 1. The molecule has 1 unspecified atom stereocenters. The number of rotatable bonds is 7. The van der Waals surface area contributed by atoms with Gasteiger partial charge in [-0.15, -0.1) is 24.8 Å². The summed E-state index contributed by atoms with van der Waals surface area (Å²) in [5, 5.41) is 9.62. The number of hydrogen-bond donors (Lipinski definition) is 1. The minimum Gasteiger partial charge on any atom is -0.497 e. The Morgan fingerprint density at radius 1 is 0.875 bits per heavy atom. The molecule has 1 atom stereocenters. The molecule has 2 aliphatic heterocycles. The van der Waals surface area contributed by atoms with Crippen LogP contribution in [0.2, 0.25) is 0 Å². The van der Waals surface area contributed by atoms with E-state index in [0.29, 0.717) is 17.7 Å². The minimum absolute atomic E-state index is 0. The van der Waals surface area contributed by atoms with Gasteiger partial charge in [0, 0.05) is 24.6 Å². The number of hydrogen-bond acceptors (Lipinski definition) is 5. The second-order valence-corrected chi connectivity index (χ2v) is 10.7. The fraction of sp³-hybridized carbons (Fsp3) is 0.303. The molecule has 0 aromatic heterocycles. The van der Waals surface area contributed by atoms with Crippen LogP contribution < -0.4 is 10.5 Å². The number of nitrogens with zero attached hydrogens (tertiary/aromatic N) is 3. The fourth-order valence-electron chi connectivity index (χ4n) is 6.17. The van der Waals surface area contributed by atoms with Crippen LogP contribution in [0.15, 0.2) is 96.1 Å². The van der Waals surface area contributed by atoms with Gasteiger partial charge in [-0.1, -0.05) is 72.8 Å². The molecule has 40 heavy (non-hydrogen) atoms. The zero-order chi connectivity index (χ0) is 25.9. The monoisotopic (exact) mass is 576 g/mol. The van der Waals surface area contributed by atoms with E-state index in [9.17, 15) is 0 Å². The Kier molecular flexibility index (Phi) is 9.96. The maximum Gasteiger partial charge on any atom is 0.151 e. The predicted molar refractivity (Wildman–Crippen MR) is 170 cm³/mol. The number of piperidine rings is 1.